The van der Waals surface area contributed by atoms with Gasteiger partial charge < -0.3 is 9.84 Å². The molecule has 2 fully saturated rings. The number of rotatable bonds is 4. The van der Waals surface area contributed by atoms with Gasteiger partial charge in [0.15, 0.2) is 5.78 Å². The van der Waals surface area contributed by atoms with Crippen molar-refractivity contribution in [3.8, 4) is 5.75 Å². The van der Waals surface area contributed by atoms with E-state index in [-0.39, 0.29) is 17.3 Å². The molecule has 0 radical (unpaired) electrons. The summed E-state index contributed by atoms with van der Waals surface area (Å²) in [5, 5.41) is 11.3. The Bertz CT molecular complexity index is 1060. The smallest absolute Gasteiger partial charge is 0.185 e. The summed E-state index contributed by atoms with van der Waals surface area (Å²) in [7, 11) is 1.69. The number of benzene rings is 2. The first-order chi connectivity index (χ1) is 15.4. The van der Waals surface area contributed by atoms with Crippen LogP contribution in [0, 0.1) is 17.3 Å². The Hall–Kier alpha value is -2.10. The third-order valence-corrected chi connectivity index (χ3v) is 8.82. The molecule has 0 bridgehead atoms. The standard InChI is InChI=1S/C28H31ClO3/c1-28-14-13-21-22(24(28)10-12-27(28)31)9-5-18-16-26(32-2)19(15-23(18)21)6-11-25(30)17-3-7-20(29)8-4-17/h3-4,6-8,11,15-16,21-22,24,27,31H,5,9-10,12-14H2,1-2H3/b11-6+/t21-,22+,24-,27-,28-/m0/s1. The number of aliphatic hydroxyl groups excluding tert-OH is 1. The molecule has 3 nitrogen and oxygen atoms in total. The van der Waals surface area contributed by atoms with Gasteiger partial charge in [-0.15, -0.1) is 0 Å². The highest BCUT2D eigenvalue weighted by atomic mass is 35.5. The number of allylic oxidation sites excluding steroid dienone is 1. The maximum Gasteiger partial charge on any atom is 0.185 e. The molecule has 0 aromatic heterocycles. The number of ether oxygens (including phenoxy) is 1. The van der Waals surface area contributed by atoms with E-state index in [1.54, 1.807) is 37.5 Å². The fourth-order valence-corrected chi connectivity index (χ4v) is 6.90. The van der Waals surface area contributed by atoms with Crippen LogP contribution in [0.1, 0.15) is 72.0 Å². The van der Waals surface area contributed by atoms with Gasteiger partial charge in [0.25, 0.3) is 0 Å². The quantitative estimate of drug-likeness (QED) is 0.429. The summed E-state index contributed by atoms with van der Waals surface area (Å²) in [5.41, 5.74) is 4.46. The summed E-state index contributed by atoms with van der Waals surface area (Å²) >= 11 is 5.94. The molecule has 0 heterocycles. The van der Waals surface area contributed by atoms with Gasteiger partial charge in [0, 0.05) is 16.1 Å². The van der Waals surface area contributed by atoms with Gasteiger partial charge in [-0.2, -0.15) is 0 Å². The summed E-state index contributed by atoms with van der Waals surface area (Å²) in [6.07, 6.45) is 9.91. The van der Waals surface area contributed by atoms with Crippen LogP contribution in [-0.2, 0) is 6.42 Å². The van der Waals surface area contributed by atoms with Gasteiger partial charge in [-0.1, -0.05) is 18.5 Å². The van der Waals surface area contributed by atoms with Gasteiger partial charge in [-0.25, -0.2) is 0 Å². The largest absolute Gasteiger partial charge is 0.496 e. The van der Waals surface area contributed by atoms with Crippen LogP contribution >= 0.6 is 11.6 Å². The Balaban J connectivity index is 1.45. The number of ketones is 1. The molecule has 3 aliphatic rings. The lowest BCUT2D eigenvalue weighted by atomic mass is 9.55. The van der Waals surface area contributed by atoms with E-state index in [1.165, 1.54) is 17.5 Å². The molecule has 168 valence electrons. The second-order valence-electron chi connectivity index (χ2n) is 10.1. The zero-order valence-corrected chi connectivity index (χ0v) is 19.6. The van der Waals surface area contributed by atoms with Gasteiger partial charge in [0.1, 0.15) is 5.75 Å². The van der Waals surface area contributed by atoms with E-state index >= 15 is 0 Å². The second-order valence-corrected chi connectivity index (χ2v) is 10.5. The fourth-order valence-electron chi connectivity index (χ4n) is 6.77. The third kappa shape index (κ3) is 3.60. The average molecular weight is 451 g/mol. The van der Waals surface area contributed by atoms with Crippen LogP contribution in [0.25, 0.3) is 6.08 Å². The molecular weight excluding hydrogens is 420 g/mol. The van der Waals surface area contributed by atoms with Crippen molar-refractivity contribution < 1.29 is 14.6 Å². The van der Waals surface area contributed by atoms with Crippen molar-refractivity contribution in [2.45, 2.75) is 57.5 Å². The summed E-state index contributed by atoms with van der Waals surface area (Å²) in [4.78, 5) is 12.6. The van der Waals surface area contributed by atoms with E-state index in [4.69, 9.17) is 16.3 Å². The van der Waals surface area contributed by atoms with Crippen molar-refractivity contribution in [1.82, 2.24) is 0 Å². The first-order valence-corrected chi connectivity index (χ1v) is 12.2. The van der Waals surface area contributed by atoms with Gasteiger partial charge in [-0.05, 0) is 121 Å². The Morgan fingerprint density at radius 2 is 1.94 bits per heavy atom. The first kappa shape index (κ1) is 21.7. The third-order valence-electron chi connectivity index (χ3n) is 8.57. The van der Waals surface area contributed by atoms with Crippen molar-refractivity contribution >= 4 is 23.5 Å². The zero-order chi connectivity index (χ0) is 22.5. The molecule has 32 heavy (non-hydrogen) atoms. The van der Waals surface area contributed by atoms with Crippen LogP contribution in [-0.4, -0.2) is 24.1 Å². The number of methoxy groups -OCH3 is 1. The van der Waals surface area contributed by atoms with Crippen molar-refractivity contribution in [2.75, 3.05) is 7.11 Å². The molecule has 0 unspecified atom stereocenters. The van der Waals surface area contributed by atoms with E-state index in [0.29, 0.717) is 28.3 Å². The molecule has 3 aliphatic carbocycles. The van der Waals surface area contributed by atoms with Crippen LogP contribution in [0.5, 0.6) is 5.75 Å². The van der Waals surface area contributed by atoms with Gasteiger partial charge in [0.05, 0.1) is 13.2 Å². The van der Waals surface area contributed by atoms with Gasteiger partial charge in [-0.3, -0.25) is 4.79 Å². The van der Waals surface area contributed by atoms with E-state index in [2.05, 4.69) is 19.1 Å². The summed E-state index contributed by atoms with van der Waals surface area (Å²) in [6.45, 7) is 2.31. The van der Waals surface area contributed by atoms with Crippen LogP contribution < -0.4 is 4.74 Å². The number of carbonyl (C=O) groups is 1. The van der Waals surface area contributed by atoms with Gasteiger partial charge >= 0.3 is 0 Å². The number of hydrogen-bond donors (Lipinski definition) is 1. The van der Waals surface area contributed by atoms with E-state index < -0.39 is 0 Å². The van der Waals surface area contributed by atoms with Crippen molar-refractivity contribution in [3.63, 3.8) is 0 Å². The first-order valence-electron chi connectivity index (χ1n) is 11.8. The summed E-state index contributed by atoms with van der Waals surface area (Å²) in [6, 6.07) is 11.4. The average Bonchev–Trinajstić information content (AvgIpc) is 3.11. The van der Waals surface area contributed by atoms with Gasteiger partial charge in [0.2, 0.25) is 0 Å². The molecule has 0 aliphatic heterocycles. The lowest BCUT2D eigenvalue weighted by Gasteiger charge is -2.50. The molecule has 4 heteroatoms. The summed E-state index contributed by atoms with van der Waals surface area (Å²) in [5.74, 6) is 2.55. The molecule has 0 saturated heterocycles. The van der Waals surface area contributed by atoms with Crippen LogP contribution in [0.4, 0.5) is 0 Å². The lowest BCUT2D eigenvalue weighted by molar-refractivity contribution is -0.0226. The van der Waals surface area contributed by atoms with E-state index in [0.717, 1.165) is 43.4 Å². The number of hydrogen-bond acceptors (Lipinski definition) is 3. The lowest BCUT2D eigenvalue weighted by Crippen LogP contribution is -2.43. The summed E-state index contributed by atoms with van der Waals surface area (Å²) < 4.78 is 5.69. The minimum absolute atomic E-state index is 0.0484. The number of aryl methyl sites for hydroxylation is 1. The highest BCUT2D eigenvalue weighted by Gasteiger charge is 2.54. The minimum atomic E-state index is -0.150. The van der Waals surface area contributed by atoms with E-state index in [9.17, 15) is 9.90 Å². The number of fused-ring (bicyclic) bond motifs is 5. The topological polar surface area (TPSA) is 46.5 Å². The van der Waals surface area contributed by atoms with Crippen LogP contribution in [0.3, 0.4) is 0 Å². The predicted octanol–water partition coefficient (Wildman–Crippen LogP) is 6.46. The maximum absolute atomic E-state index is 12.6. The molecule has 2 aromatic carbocycles. The molecule has 2 saturated carbocycles. The highest BCUT2D eigenvalue weighted by Crippen LogP contribution is 2.61. The van der Waals surface area contributed by atoms with Crippen LogP contribution in [0.15, 0.2) is 42.5 Å². The molecule has 1 N–H and O–H groups in total. The molecular formula is C28H31ClO3. The second kappa shape index (κ2) is 8.35. The van der Waals surface area contributed by atoms with Crippen molar-refractivity contribution in [3.05, 3.63) is 69.8 Å². The number of carbonyl (C=O) groups excluding carboxylic acids is 1. The predicted molar refractivity (Wildman–Crippen MR) is 128 cm³/mol. The number of halogens is 1. The molecule has 5 rings (SSSR count). The normalized spacial score (nSPS) is 31.1. The zero-order valence-electron chi connectivity index (χ0n) is 18.8. The van der Waals surface area contributed by atoms with Crippen molar-refractivity contribution in [1.29, 1.82) is 0 Å². The Labute approximate surface area is 195 Å². The maximum atomic E-state index is 12.6. The van der Waals surface area contributed by atoms with E-state index in [1.807, 2.05) is 6.08 Å². The monoisotopic (exact) mass is 450 g/mol. The minimum Gasteiger partial charge on any atom is -0.496 e. The molecule has 2 aromatic rings. The Morgan fingerprint density at radius 1 is 1.16 bits per heavy atom. The SMILES string of the molecule is COc1cc2c(cc1/C=C/C(=O)c1ccc(Cl)cc1)[C@H]1CC[C@]3(C)[C@@H](O)CC[C@H]3[C@@H]1CC2. The molecule has 0 amide bonds. The van der Waals surface area contributed by atoms with Crippen LogP contribution in [0.2, 0.25) is 5.02 Å². The molecule has 0 spiro atoms. The fraction of sp³-hybridized carbons (Fsp3) is 0.464. The highest BCUT2D eigenvalue weighted by molar-refractivity contribution is 6.30. The Kier molecular flexibility index (Phi) is 5.67. The van der Waals surface area contributed by atoms with Crippen molar-refractivity contribution in [2.24, 2.45) is 17.3 Å². The Morgan fingerprint density at radius 3 is 2.69 bits per heavy atom. The number of aliphatic hydroxyl groups is 1. The molecule has 5 atom stereocenters.